The first kappa shape index (κ1) is 11.0. The smallest absolute Gasteiger partial charge is 0.268 e. The van der Waals surface area contributed by atoms with Gasteiger partial charge in [-0.2, -0.15) is 0 Å². The van der Waals surface area contributed by atoms with Crippen LogP contribution in [-0.2, 0) is 0 Å². The Balaban J connectivity index is 3.26. The Hall–Kier alpha value is -0.100. The number of nitrogens with zero attached hydrogens (tertiary/aromatic N) is 2. The van der Waals surface area contributed by atoms with E-state index < -0.39 is 0 Å². The van der Waals surface area contributed by atoms with Crippen LogP contribution in [0.4, 0.5) is 0 Å². The molecule has 0 aromatic carbocycles. The van der Waals surface area contributed by atoms with E-state index in [-0.39, 0.29) is 16.8 Å². The van der Waals surface area contributed by atoms with Crippen LogP contribution in [0.25, 0.3) is 0 Å². The summed E-state index contributed by atoms with van der Waals surface area (Å²) in [5, 5.41) is 0.283. The third-order valence-corrected chi connectivity index (χ3v) is 3.54. The Kier molecular flexibility index (Phi) is 3.73. The van der Waals surface area contributed by atoms with Crippen LogP contribution in [0.15, 0.2) is 11.1 Å². The highest BCUT2D eigenvalue weighted by atomic mass is 127. The van der Waals surface area contributed by atoms with Gasteiger partial charge in [0.25, 0.3) is 5.56 Å². The average Bonchev–Trinajstić information content (AvgIpc) is 2.13. The van der Waals surface area contributed by atoms with Crippen molar-refractivity contribution in [3.8, 4) is 0 Å². The van der Waals surface area contributed by atoms with Crippen LogP contribution in [-0.4, -0.2) is 9.55 Å². The predicted octanol–water partition coefficient (Wildman–Crippen LogP) is 2.47. The summed E-state index contributed by atoms with van der Waals surface area (Å²) in [7, 11) is 0. The van der Waals surface area contributed by atoms with E-state index in [0.717, 1.165) is 6.42 Å². The van der Waals surface area contributed by atoms with Crippen LogP contribution in [0.1, 0.15) is 26.3 Å². The van der Waals surface area contributed by atoms with Gasteiger partial charge in [0.05, 0.1) is 6.33 Å². The molecule has 0 fully saturated rings. The largest absolute Gasteiger partial charge is 0.295 e. The highest BCUT2D eigenvalue weighted by molar-refractivity contribution is 14.1. The van der Waals surface area contributed by atoms with E-state index in [0.29, 0.717) is 3.57 Å². The van der Waals surface area contributed by atoms with Crippen molar-refractivity contribution in [3.63, 3.8) is 0 Å². The van der Waals surface area contributed by atoms with Crippen molar-refractivity contribution >= 4 is 34.2 Å². The Bertz CT molecular complexity index is 364. The molecule has 13 heavy (non-hydrogen) atoms. The minimum absolute atomic E-state index is 0.0602. The van der Waals surface area contributed by atoms with Crippen molar-refractivity contribution in [1.29, 1.82) is 0 Å². The summed E-state index contributed by atoms with van der Waals surface area (Å²) in [5.74, 6) is 0. The van der Waals surface area contributed by atoms with Crippen LogP contribution in [0.3, 0.4) is 0 Å². The molecule has 1 unspecified atom stereocenters. The Labute approximate surface area is 95.3 Å². The van der Waals surface area contributed by atoms with Gasteiger partial charge in [-0.25, -0.2) is 4.98 Å². The number of halogens is 2. The van der Waals surface area contributed by atoms with Crippen LogP contribution < -0.4 is 5.56 Å². The molecule has 72 valence electrons. The van der Waals surface area contributed by atoms with Crippen LogP contribution in [0, 0.1) is 3.57 Å². The summed E-state index contributed by atoms with van der Waals surface area (Å²) in [5.41, 5.74) is -0.0602. The number of rotatable bonds is 2. The summed E-state index contributed by atoms with van der Waals surface area (Å²) >= 11 is 7.62. The van der Waals surface area contributed by atoms with Gasteiger partial charge in [0, 0.05) is 6.04 Å². The molecule has 0 radical (unpaired) electrons. The van der Waals surface area contributed by atoms with Gasteiger partial charge in [-0.05, 0) is 35.9 Å². The third kappa shape index (κ3) is 2.22. The molecule has 5 heteroatoms. The quantitative estimate of drug-likeness (QED) is 0.621. The maximum Gasteiger partial charge on any atom is 0.268 e. The molecule has 0 spiro atoms. The molecule has 1 atom stereocenters. The highest BCUT2D eigenvalue weighted by Crippen LogP contribution is 2.12. The fourth-order valence-electron chi connectivity index (χ4n) is 0.934. The molecule has 1 rings (SSSR count). The van der Waals surface area contributed by atoms with Crippen molar-refractivity contribution in [2.45, 2.75) is 26.3 Å². The molecule has 0 amide bonds. The second-order valence-corrected chi connectivity index (χ2v) is 4.26. The van der Waals surface area contributed by atoms with E-state index in [2.05, 4.69) is 4.98 Å². The summed E-state index contributed by atoms with van der Waals surface area (Å²) in [6.07, 6.45) is 2.40. The molecule has 0 N–H and O–H groups in total. The summed E-state index contributed by atoms with van der Waals surface area (Å²) in [6, 6.07) is 0.172. The summed E-state index contributed by atoms with van der Waals surface area (Å²) in [4.78, 5) is 15.6. The lowest BCUT2D eigenvalue weighted by molar-refractivity contribution is 0.504. The Morgan fingerprint density at radius 1 is 1.77 bits per heavy atom. The molecule has 0 aliphatic heterocycles. The number of aromatic nitrogens is 2. The van der Waals surface area contributed by atoms with E-state index in [1.807, 2.05) is 36.4 Å². The van der Waals surface area contributed by atoms with Crippen molar-refractivity contribution in [1.82, 2.24) is 9.55 Å². The molecule has 0 bridgehead atoms. The van der Waals surface area contributed by atoms with Crippen LogP contribution in [0.5, 0.6) is 0 Å². The molecule has 1 aromatic heterocycles. The van der Waals surface area contributed by atoms with Gasteiger partial charge in [0.15, 0.2) is 0 Å². The number of hydrogen-bond donors (Lipinski definition) is 0. The molecule has 0 aliphatic rings. The molecule has 1 heterocycles. The highest BCUT2D eigenvalue weighted by Gasteiger charge is 2.09. The first-order valence-electron chi connectivity index (χ1n) is 4.00. The Morgan fingerprint density at radius 2 is 2.38 bits per heavy atom. The molecular formula is C8H10ClIN2O. The molecule has 0 saturated heterocycles. The minimum Gasteiger partial charge on any atom is -0.295 e. The molecule has 0 aliphatic carbocycles. The second-order valence-electron chi connectivity index (χ2n) is 2.82. The lowest BCUT2D eigenvalue weighted by Gasteiger charge is -2.12. The zero-order chi connectivity index (χ0) is 10.0. The van der Waals surface area contributed by atoms with E-state index in [1.165, 1.54) is 6.33 Å². The minimum atomic E-state index is -0.0602. The van der Waals surface area contributed by atoms with Gasteiger partial charge in [-0.15, -0.1) is 0 Å². The monoisotopic (exact) mass is 312 g/mol. The van der Waals surface area contributed by atoms with Gasteiger partial charge in [-0.1, -0.05) is 18.5 Å². The van der Waals surface area contributed by atoms with Crippen molar-refractivity contribution < 1.29 is 0 Å². The molecule has 3 nitrogen and oxygen atoms in total. The fourth-order valence-corrected chi connectivity index (χ4v) is 1.48. The van der Waals surface area contributed by atoms with Crippen LogP contribution >= 0.6 is 34.2 Å². The standard InChI is InChI=1S/C8H10ClIN2O/c1-3-5(2)12-4-11-7(9)6(10)8(12)13/h4-5H,3H2,1-2H3. The summed E-state index contributed by atoms with van der Waals surface area (Å²) < 4.78 is 2.09. The summed E-state index contributed by atoms with van der Waals surface area (Å²) in [6.45, 7) is 4.01. The second kappa shape index (κ2) is 4.41. The first-order valence-corrected chi connectivity index (χ1v) is 5.45. The van der Waals surface area contributed by atoms with Gasteiger partial charge in [0.1, 0.15) is 8.72 Å². The van der Waals surface area contributed by atoms with Gasteiger partial charge in [-0.3, -0.25) is 9.36 Å². The lowest BCUT2D eigenvalue weighted by Crippen LogP contribution is -2.25. The molecule has 1 aromatic rings. The van der Waals surface area contributed by atoms with Gasteiger partial charge >= 0.3 is 0 Å². The van der Waals surface area contributed by atoms with Crippen molar-refractivity contribution in [3.05, 3.63) is 25.4 Å². The zero-order valence-corrected chi connectivity index (χ0v) is 10.3. The maximum atomic E-state index is 11.6. The Morgan fingerprint density at radius 3 is 2.92 bits per heavy atom. The van der Waals surface area contributed by atoms with Gasteiger partial charge < -0.3 is 0 Å². The van der Waals surface area contributed by atoms with Gasteiger partial charge in [0.2, 0.25) is 0 Å². The topological polar surface area (TPSA) is 34.9 Å². The van der Waals surface area contributed by atoms with E-state index in [4.69, 9.17) is 11.6 Å². The zero-order valence-electron chi connectivity index (χ0n) is 7.42. The maximum absolute atomic E-state index is 11.6. The van der Waals surface area contributed by atoms with E-state index in [9.17, 15) is 4.79 Å². The first-order chi connectivity index (χ1) is 6.07. The van der Waals surface area contributed by atoms with Crippen LogP contribution in [0.2, 0.25) is 5.15 Å². The van der Waals surface area contributed by atoms with E-state index in [1.54, 1.807) is 4.57 Å². The van der Waals surface area contributed by atoms with E-state index >= 15 is 0 Å². The third-order valence-electron chi connectivity index (χ3n) is 1.96. The SMILES string of the molecule is CCC(C)n1cnc(Cl)c(I)c1=O. The lowest BCUT2D eigenvalue weighted by atomic mass is 10.2. The molecular weight excluding hydrogens is 302 g/mol. The molecule has 0 saturated carbocycles. The van der Waals surface area contributed by atoms with Crippen molar-refractivity contribution in [2.75, 3.05) is 0 Å². The fraction of sp³-hybridized carbons (Fsp3) is 0.500. The number of hydrogen-bond acceptors (Lipinski definition) is 2. The van der Waals surface area contributed by atoms with Crippen molar-refractivity contribution in [2.24, 2.45) is 0 Å². The predicted molar refractivity (Wildman–Crippen MR) is 61.2 cm³/mol. The normalized spacial score (nSPS) is 12.9. The average molecular weight is 313 g/mol.